The molecule has 0 fully saturated rings. The SMILES string of the molecule is CNC(Cc1sccc1Br)c1ccc(Br)s1. The van der Waals surface area contributed by atoms with E-state index in [1.807, 2.05) is 7.05 Å². The van der Waals surface area contributed by atoms with Gasteiger partial charge in [-0.05, 0) is 62.5 Å². The van der Waals surface area contributed by atoms with Gasteiger partial charge in [0.15, 0.2) is 0 Å². The summed E-state index contributed by atoms with van der Waals surface area (Å²) in [5, 5.41) is 5.49. The van der Waals surface area contributed by atoms with Gasteiger partial charge in [0.05, 0.1) is 3.79 Å². The minimum atomic E-state index is 0.395. The molecule has 86 valence electrons. The summed E-state index contributed by atoms with van der Waals surface area (Å²) < 4.78 is 2.40. The summed E-state index contributed by atoms with van der Waals surface area (Å²) >= 11 is 10.7. The molecule has 0 aliphatic rings. The molecule has 2 heterocycles. The lowest BCUT2D eigenvalue weighted by atomic mass is 10.1. The maximum atomic E-state index is 3.58. The van der Waals surface area contributed by atoms with E-state index >= 15 is 0 Å². The highest BCUT2D eigenvalue weighted by Gasteiger charge is 2.14. The van der Waals surface area contributed by atoms with Gasteiger partial charge in [0.2, 0.25) is 0 Å². The predicted molar refractivity (Wildman–Crippen MR) is 79.5 cm³/mol. The zero-order valence-electron chi connectivity index (χ0n) is 8.67. The van der Waals surface area contributed by atoms with Crippen molar-refractivity contribution in [1.82, 2.24) is 5.32 Å². The molecule has 0 bridgehead atoms. The number of hydrogen-bond acceptors (Lipinski definition) is 3. The molecule has 2 rings (SSSR count). The summed E-state index contributed by atoms with van der Waals surface area (Å²) in [6.45, 7) is 0. The Morgan fingerprint density at radius 3 is 2.62 bits per heavy atom. The number of nitrogens with one attached hydrogen (secondary N) is 1. The Bertz CT molecular complexity index is 464. The molecule has 0 saturated carbocycles. The molecular weight excluding hydrogens is 370 g/mol. The van der Waals surface area contributed by atoms with Crippen molar-refractivity contribution in [2.45, 2.75) is 12.5 Å². The van der Waals surface area contributed by atoms with Crippen molar-refractivity contribution < 1.29 is 0 Å². The first-order valence-corrected chi connectivity index (χ1v) is 8.13. The fourth-order valence-electron chi connectivity index (χ4n) is 1.52. The Morgan fingerprint density at radius 2 is 2.12 bits per heavy atom. The van der Waals surface area contributed by atoms with Crippen molar-refractivity contribution in [2.24, 2.45) is 0 Å². The molecule has 1 atom stereocenters. The number of likely N-dealkylation sites (N-methyl/N-ethyl adjacent to an activating group) is 1. The van der Waals surface area contributed by atoms with Gasteiger partial charge in [-0.15, -0.1) is 22.7 Å². The lowest BCUT2D eigenvalue weighted by Crippen LogP contribution is -2.17. The van der Waals surface area contributed by atoms with E-state index in [2.05, 4.69) is 60.8 Å². The van der Waals surface area contributed by atoms with E-state index in [1.54, 1.807) is 22.7 Å². The third-order valence-corrected chi connectivity index (χ3v) is 6.05. The zero-order valence-corrected chi connectivity index (χ0v) is 13.5. The standard InChI is InChI=1S/C11H11Br2NS2/c1-14-8(9-2-3-11(13)16-9)6-10-7(12)4-5-15-10/h2-5,8,14H,6H2,1H3. The van der Waals surface area contributed by atoms with Crippen molar-refractivity contribution in [3.8, 4) is 0 Å². The zero-order chi connectivity index (χ0) is 11.5. The van der Waals surface area contributed by atoms with E-state index in [1.165, 1.54) is 18.0 Å². The van der Waals surface area contributed by atoms with Crippen molar-refractivity contribution in [1.29, 1.82) is 0 Å². The van der Waals surface area contributed by atoms with Gasteiger partial charge in [-0.25, -0.2) is 0 Å². The van der Waals surface area contributed by atoms with Gasteiger partial charge in [0.1, 0.15) is 0 Å². The summed E-state index contributed by atoms with van der Waals surface area (Å²) in [6, 6.07) is 6.79. The van der Waals surface area contributed by atoms with Crippen LogP contribution in [0.1, 0.15) is 15.8 Å². The molecule has 0 aromatic carbocycles. The lowest BCUT2D eigenvalue weighted by molar-refractivity contribution is 0.606. The molecule has 1 N–H and O–H groups in total. The van der Waals surface area contributed by atoms with Crippen molar-refractivity contribution >= 4 is 54.5 Å². The van der Waals surface area contributed by atoms with E-state index in [-0.39, 0.29) is 0 Å². The van der Waals surface area contributed by atoms with Crippen LogP contribution >= 0.6 is 54.5 Å². The fraction of sp³-hybridized carbons (Fsp3) is 0.273. The molecule has 2 aromatic rings. The van der Waals surface area contributed by atoms with Crippen molar-refractivity contribution in [3.05, 3.63) is 41.6 Å². The van der Waals surface area contributed by atoms with Gasteiger partial charge in [-0.3, -0.25) is 0 Å². The minimum absolute atomic E-state index is 0.395. The molecule has 5 heteroatoms. The van der Waals surface area contributed by atoms with Gasteiger partial charge in [-0.1, -0.05) is 0 Å². The molecular formula is C11H11Br2NS2. The molecule has 0 aliphatic carbocycles. The highest BCUT2D eigenvalue weighted by atomic mass is 79.9. The Hall–Kier alpha value is 0.320. The van der Waals surface area contributed by atoms with Gasteiger partial charge >= 0.3 is 0 Å². The highest BCUT2D eigenvalue weighted by Crippen LogP contribution is 2.32. The summed E-state index contributed by atoms with van der Waals surface area (Å²) in [6.07, 6.45) is 1.03. The summed E-state index contributed by atoms with van der Waals surface area (Å²) in [5.41, 5.74) is 0. The first-order valence-electron chi connectivity index (χ1n) is 4.85. The average Bonchev–Trinajstić information content (AvgIpc) is 2.85. The first-order chi connectivity index (χ1) is 7.70. The van der Waals surface area contributed by atoms with Crippen LogP contribution in [0.5, 0.6) is 0 Å². The van der Waals surface area contributed by atoms with Crippen LogP contribution in [-0.4, -0.2) is 7.05 Å². The fourth-order valence-corrected chi connectivity index (χ4v) is 4.61. The van der Waals surface area contributed by atoms with Crippen LogP contribution < -0.4 is 5.32 Å². The molecule has 0 saturated heterocycles. The molecule has 0 radical (unpaired) electrons. The minimum Gasteiger partial charge on any atom is -0.312 e. The number of rotatable bonds is 4. The maximum Gasteiger partial charge on any atom is 0.0701 e. The molecule has 2 aromatic heterocycles. The number of thiophene rings is 2. The Balaban J connectivity index is 2.15. The number of hydrogen-bond donors (Lipinski definition) is 1. The second-order valence-corrected chi connectivity index (χ2v) is 7.73. The molecule has 1 unspecified atom stereocenters. The topological polar surface area (TPSA) is 12.0 Å². The molecule has 0 aliphatic heterocycles. The van der Waals surface area contributed by atoms with Gasteiger partial charge in [0, 0.05) is 26.7 Å². The van der Waals surface area contributed by atoms with Crippen LogP contribution in [-0.2, 0) is 6.42 Å². The second-order valence-electron chi connectivity index (χ2n) is 3.38. The molecule has 1 nitrogen and oxygen atoms in total. The lowest BCUT2D eigenvalue weighted by Gasteiger charge is -2.13. The van der Waals surface area contributed by atoms with Crippen LogP contribution in [0.15, 0.2) is 31.8 Å². The van der Waals surface area contributed by atoms with E-state index < -0.39 is 0 Å². The monoisotopic (exact) mass is 379 g/mol. The molecule has 0 amide bonds. The predicted octanol–water partition coefficient (Wildman–Crippen LogP) is 4.84. The van der Waals surface area contributed by atoms with Crippen LogP contribution in [0.4, 0.5) is 0 Å². The van der Waals surface area contributed by atoms with E-state index in [4.69, 9.17) is 0 Å². The van der Waals surface area contributed by atoms with E-state index in [0.29, 0.717) is 6.04 Å². The van der Waals surface area contributed by atoms with Crippen molar-refractivity contribution in [2.75, 3.05) is 7.05 Å². The summed E-state index contributed by atoms with van der Waals surface area (Å²) in [4.78, 5) is 2.76. The van der Waals surface area contributed by atoms with Crippen LogP contribution in [0, 0.1) is 0 Å². The van der Waals surface area contributed by atoms with E-state index in [9.17, 15) is 0 Å². The Kier molecular flexibility index (Phi) is 4.61. The Morgan fingerprint density at radius 1 is 1.31 bits per heavy atom. The van der Waals surface area contributed by atoms with Gasteiger partial charge < -0.3 is 5.32 Å². The Labute approximate surface area is 120 Å². The molecule has 16 heavy (non-hydrogen) atoms. The summed E-state index contributed by atoms with van der Waals surface area (Å²) in [5.74, 6) is 0. The normalized spacial score (nSPS) is 12.9. The van der Waals surface area contributed by atoms with Crippen LogP contribution in [0.2, 0.25) is 0 Å². The maximum absolute atomic E-state index is 3.58. The highest BCUT2D eigenvalue weighted by molar-refractivity contribution is 9.11. The first kappa shape index (κ1) is 12.8. The van der Waals surface area contributed by atoms with Crippen molar-refractivity contribution in [3.63, 3.8) is 0 Å². The van der Waals surface area contributed by atoms with Gasteiger partial charge in [0.25, 0.3) is 0 Å². The van der Waals surface area contributed by atoms with E-state index in [0.717, 1.165) is 6.42 Å². The largest absolute Gasteiger partial charge is 0.312 e. The molecule has 0 spiro atoms. The number of halogens is 2. The third-order valence-electron chi connectivity index (χ3n) is 2.37. The van der Waals surface area contributed by atoms with Crippen LogP contribution in [0.25, 0.3) is 0 Å². The summed E-state index contributed by atoms with van der Waals surface area (Å²) in [7, 11) is 2.01. The third kappa shape index (κ3) is 2.96. The second kappa shape index (κ2) is 5.78. The quantitative estimate of drug-likeness (QED) is 0.800. The van der Waals surface area contributed by atoms with Crippen LogP contribution in [0.3, 0.4) is 0 Å². The average molecular weight is 381 g/mol. The van der Waals surface area contributed by atoms with Gasteiger partial charge in [-0.2, -0.15) is 0 Å². The smallest absolute Gasteiger partial charge is 0.0701 e.